The maximum atomic E-state index is 12.0. The van der Waals surface area contributed by atoms with E-state index in [-0.39, 0.29) is 30.3 Å². The summed E-state index contributed by atoms with van der Waals surface area (Å²) in [5, 5.41) is 3.09. The molecule has 4 unspecified atom stereocenters. The summed E-state index contributed by atoms with van der Waals surface area (Å²) in [6.45, 7) is 31.2. The molecular weight excluding hydrogens is 591 g/mol. The zero-order valence-electron chi connectivity index (χ0n) is 30.3. The highest BCUT2D eigenvalue weighted by Gasteiger charge is 2.32. The van der Waals surface area contributed by atoms with E-state index in [9.17, 15) is 4.79 Å². The summed E-state index contributed by atoms with van der Waals surface area (Å²) >= 11 is 0. The highest BCUT2D eigenvalue weighted by atomic mass is 28.4. The first-order chi connectivity index (χ1) is 19.1. The average molecular weight is 662 g/mol. The smallest absolute Gasteiger partial charge is 0.217 e. The predicted molar refractivity (Wildman–Crippen MR) is 193 cm³/mol. The van der Waals surface area contributed by atoms with Crippen molar-refractivity contribution in [2.45, 2.75) is 181 Å². The van der Waals surface area contributed by atoms with Gasteiger partial charge in [0.2, 0.25) is 5.91 Å². The SMILES string of the molecule is CCCC(O[Si](C)(C)C)C(CCCCCCCCC=CC(O[Si](C)(C)C)C(CO[Si](C)(C)C)NC(C)=O)O[Si](C)(C)C. The first-order valence-electron chi connectivity index (χ1n) is 16.7. The minimum atomic E-state index is -1.81. The Hall–Kier alpha value is -0.0825. The number of hydrogen-bond acceptors (Lipinski definition) is 5. The van der Waals surface area contributed by atoms with Crippen molar-refractivity contribution in [3.63, 3.8) is 0 Å². The summed E-state index contributed by atoms with van der Waals surface area (Å²) in [6.07, 6.45) is 16.5. The second-order valence-corrected chi connectivity index (χ2v) is 33.8. The van der Waals surface area contributed by atoms with Crippen LogP contribution in [0.1, 0.15) is 78.1 Å². The number of hydrogen-bond donors (Lipinski definition) is 1. The van der Waals surface area contributed by atoms with E-state index in [1.165, 1.54) is 38.5 Å². The van der Waals surface area contributed by atoms with E-state index in [0.717, 1.165) is 25.7 Å². The third-order valence-corrected chi connectivity index (χ3v) is 10.4. The molecular formula is C32H71NO5Si4. The van der Waals surface area contributed by atoms with Gasteiger partial charge < -0.3 is 23.0 Å². The molecule has 4 atom stereocenters. The fraction of sp³-hybridized carbons (Fsp3) is 0.906. The van der Waals surface area contributed by atoms with Crippen LogP contribution in [0.15, 0.2) is 12.2 Å². The summed E-state index contributed by atoms with van der Waals surface area (Å²) in [7, 11) is -6.76. The quantitative estimate of drug-likeness (QED) is 0.0634. The minimum absolute atomic E-state index is 0.0421. The molecule has 42 heavy (non-hydrogen) atoms. The molecule has 0 radical (unpaired) electrons. The minimum Gasteiger partial charge on any atom is -0.415 e. The van der Waals surface area contributed by atoms with Gasteiger partial charge in [-0.05, 0) is 104 Å². The van der Waals surface area contributed by atoms with Gasteiger partial charge >= 0.3 is 0 Å². The Morgan fingerprint density at radius 1 is 0.667 bits per heavy atom. The first kappa shape index (κ1) is 41.9. The number of unbranched alkanes of at least 4 members (excludes halogenated alkanes) is 6. The van der Waals surface area contributed by atoms with Gasteiger partial charge in [-0.2, -0.15) is 0 Å². The summed E-state index contributed by atoms with van der Waals surface area (Å²) < 4.78 is 26.0. The maximum Gasteiger partial charge on any atom is 0.217 e. The molecule has 0 aliphatic carbocycles. The molecule has 0 aromatic rings. The van der Waals surface area contributed by atoms with Gasteiger partial charge in [0, 0.05) is 6.92 Å². The predicted octanol–water partition coefficient (Wildman–Crippen LogP) is 9.48. The van der Waals surface area contributed by atoms with E-state index in [2.05, 4.69) is 103 Å². The number of carbonyl (C=O) groups is 1. The molecule has 0 aromatic carbocycles. The Labute approximate surface area is 266 Å². The van der Waals surface area contributed by atoms with Gasteiger partial charge in [0.15, 0.2) is 33.3 Å². The highest BCUT2D eigenvalue weighted by molar-refractivity contribution is 6.70. The molecule has 0 saturated carbocycles. The lowest BCUT2D eigenvalue weighted by Gasteiger charge is -2.36. The third kappa shape index (κ3) is 25.3. The summed E-state index contributed by atoms with van der Waals surface area (Å²) in [5.74, 6) is -0.0421. The van der Waals surface area contributed by atoms with Crippen LogP contribution >= 0.6 is 0 Å². The van der Waals surface area contributed by atoms with Crippen molar-refractivity contribution < 1.29 is 22.5 Å². The lowest BCUT2D eigenvalue weighted by molar-refractivity contribution is -0.120. The first-order valence-corrected chi connectivity index (χ1v) is 30.4. The topological polar surface area (TPSA) is 66.0 Å². The molecule has 0 bridgehead atoms. The average Bonchev–Trinajstić information content (AvgIpc) is 2.78. The fourth-order valence-corrected chi connectivity index (χ4v) is 8.96. The van der Waals surface area contributed by atoms with Crippen LogP contribution in [0.4, 0.5) is 0 Å². The molecule has 1 amide bonds. The Balaban J connectivity index is 4.80. The van der Waals surface area contributed by atoms with Crippen LogP contribution in [0.5, 0.6) is 0 Å². The molecule has 0 heterocycles. The summed E-state index contributed by atoms with van der Waals surface area (Å²) in [4.78, 5) is 12.0. The van der Waals surface area contributed by atoms with Crippen molar-refractivity contribution in [2.24, 2.45) is 0 Å². The maximum absolute atomic E-state index is 12.0. The summed E-state index contributed by atoms with van der Waals surface area (Å²) in [5.41, 5.74) is 0. The normalized spacial score (nSPS) is 16.4. The molecule has 1 N–H and O–H groups in total. The lowest BCUT2D eigenvalue weighted by atomic mass is 10.0. The van der Waals surface area contributed by atoms with Crippen molar-refractivity contribution in [1.82, 2.24) is 5.32 Å². The van der Waals surface area contributed by atoms with Gasteiger partial charge in [0.1, 0.15) is 0 Å². The molecule has 0 spiro atoms. The Kier molecular flexibility index (Phi) is 20.1. The second kappa shape index (κ2) is 20.1. The zero-order chi connectivity index (χ0) is 32.6. The molecule has 0 aromatic heterocycles. The van der Waals surface area contributed by atoms with Gasteiger partial charge in [0.25, 0.3) is 0 Å². The van der Waals surface area contributed by atoms with Crippen LogP contribution in [0.3, 0.4) is 0 Å². The van der Waals surface area contributed by atoms with Crippen molar-refractivity contribution in [3.05, 3.63) is 12.2 Å². The monoisotopic (exact) mass is 661 g/mol. The van der Waals surface area contributed by atoms with Crippen molar-refractivity contribution in [2.75, 3.05) is 6.61 Å². The fourth-order valence-electron chi connectivity index (χ4n) is 4.86. The Morgan fingerprint density at radius 2 is 1.14 bits per heavy atom. The van der Waals surface area contributed by atoms with Crippen LogP contribution in [-0.4, -0.2) is 70.1 Å². The van der Waals surface area contributed by atoms with Crippen LogP contribution in [0, 0.1) is 0 Å². The van der Waals surface area contributed by atoms with Crippen molar-refractivity contribution in [3.8, 4) is 0 Å². The Bertz CT molecular complexity index is 754. The van der Waals surface area contributed by atoms with Crippen LogP contribution in [0.2, 0.25) is 78.6 Å². The lowest BCUT2D eigenvalue weighted by Crippen LogP contribution is -2.50. The standard InChI is InChI=1S/C32H71NO5Si4/c1-15-24-31(37-41(9,10)11)32(38-42(12,13)14)26-23-21-19-17-16-18-20-22-25-30(36-40(6,7)8)29(33-28(2)34)27-35-39(3,4)5/h22,25,29-32H,15-21,23-24,26-27H2,1-14H3,(H,33,34). The zero-order valence-corrected chi connectivity index (χ0v) is 34.3. The molecule has 10 heteroatoms. The molecule has 0 aliphatic rings. The van der Waals surface area contributed by atoms with Gasteiger partial charge in [-0.3, -0.25) is 4.79 Å². The van der Waals surface area contributed by atoms with E-state index in [0.29, 0.717) is 6.61 Å². The second-order valence-electron chi connectivity index (χ2n) is 15.9. The van der Waals surface area contributed by atoms with E-state index >= 15 is 0 Å². The van der Waals surface area contributed by atoms with E-state index < -0.39 is 33.3 Å². The molecule has 0 rings (SSSR count). The van der Waals surface area contributed by atoms with E-state index in [4.69, 9.17) is 17.7 Å². The Morgan fingerprint density at radius 3 is 1.60 bits per heavy atom. The van der Waals surface area contributed by atoms with Crippen molar-refractivity contribution in [1.29, 1.82) is 0 Å². The number of allylic oxidation sites excluding steroid dienone is 1. The summed E-state index contributed by atoms with van der Waals surface area (Å²) in [6, 6.07) is -0.168. The van der Waals surface area contributed by atoms with Crippen LogP contribution < -0.4 is 5.32 Å². The molecule has 6 nitrogen and oxygen atoms in total. The van der Waals surface area contributed by atoms with E-state index in [1.807, 2.05) is 0 Å². The molecule has 250 valence electrons. The van der Waals surface area contributed by atoms with E-state index in [1.54, 1.807) is 6.92 Å². The highest BCUT2D eigenvalue weighted by Crippen LogP contribution is 2.25. The van der Waals surface area contributed by atoms with Gasteiger partial charge in [-0.25, -0.2) is 0 Å². The third-order valence-electron chi connectivity index (χ3n) is 6.40. The number of nitrogens with one attached hydrogen (secondary N) is 1. The van der Waals surface area contributed by atoms with Crippen LogP contribution in [0.25, 0.3) is 0 Å². The van der Waals surface area contributed by atoms with Gasteiger partial charge in [0.05, 0.1) is 31.0 Å². The number of rotatable bonds is 24. The largest absolute Gasteiger partial charge is 0.415 e. The molecule has 0 fully saturated rings. The molecule has 0 aliphatic heterocycles. The number of carbonyl (C=O) groups excluding carboxylic acids is 1. The van der Waals surface area contributed by atoms with Crippen LogP contribution in [-0.2, 0) is 22.5 Å². The number of amides is 1. The van der Waals surface area contributed by atoms with Gasteiger partial charge in [-0.15, -0.1) is 0 Å². The van der Waals surface area contributed by atoms with Gasteiger partial charge in [-0.1, -0.05) is 57.6 Å². The molecule has 0 saturated heterocycles. The van der Waals surface area contributed by atoms with Crippen molar-refractivity contribution >= 4 is 39.2 Å².